The van der Waals surface area contributed by atoms with Crippen molar-refractivity contribution >= 4 is 50.8 Å². The van der Waals surface area contributed by atoms with Crippen LogP contribution >= 0.6 is 34.7 Å². The molecule has 3 aromatic rings. The number of aromatic nitrogens is 2. The van der Waals surface area contributed by atoms with E-state index in [1.54, 1.807) is 13.1 Å². The van der Waals surface area contributed by atoms with E-state index in [0.29, 0.717) is 22.1 Å². The molecule has 0 saturated heterocycles. The quantitative estimate of drug-likeness (QED) is 0.517. The lowest BCUT2D eigenvalue weighted by Gasteiger charge is -2.08. The third-order valence-electron chi connectivity index (χ3n) is 4.08. The number of rotatable bonds is 5. The van der Waals surface area contributed by atoms with E-state index in [0.717, 1.165) is 20.8 Å². The Balaban J connectivity index is 1.68. The van der Waals surface area contributed by atoms with Gasteiger partial charge in [-0.2, -0.15) is 0 Å². The van der Waals surface area contributed by atoms with E-state index in [2.05, 4.69) is 10.3 Å². The molecule has 0 unspecified atom stereocenters. The first-order valence-corrected chi connectivity index (χ1v) is 10.2. The lowest BCUT2D eigenvalue weighted by molar-refractivity contribution is -0.118. The smallest absolute Gasteiger partial charge is 0.262 e. The number of thiophene rings is 1. The van der Waals surface area contributed by atoms with Gasteiger partial charge in [0.15, 0.2) is 5.16 Å². The molecule has 0 spiro atoms. The highest BCUT2D eigenvalue weighted by atomic mass is 35.5. The maximum absolute atomic E-state index is 12.6. The number of hydrogen-bond acceptors (Lipinski definition) is 5. The summed E-state index contributed by atoms with van der Waals surface area (Å²) in [6.07, 6.45) is 0. The van der Waals surface area contributed by atoms with Gasteiger partial charge in [0.2, 0.25) is 5.91 Å². The summed E-state index contributed by atoms with van der Waals surface area (Å²) in [6.45, 7) is 4.33. The summed E-state index contributed by atoms with van der Waals surface area (Å²) in [5.41, 5.74) is 1.85. The van der Waals surface area contributed by atoms with Crippen LogP contribution in [0.15, 0.2) is 34.2 Å². The zero-order valence-electron chi connectivity index (χ0n) is 14.6. The van der Waals surface area contributed by atoms with Gasteiger partial charge in [0.05, 0.1) is 11.1 Å². The molecule has 2 heterocycles. The SMILES string of the molecule is Cc1sc2nc(SCC(=O)NCc3cccc(Cl)c3)n(C)c(=O)c2c1C. The Labute approximate surface area is 164 Å². The number of benzene rings is 1. The molecule has 0 atom stereocenters. The molecule has 1 N–H and O–H groups in total. The number of halogens is 1. The Morgan fingerprint density at radius 1 is 1.38 bits per heavy atom. The summed E-state index contributed by atoms with van der Waals surface area (Å²) in [5.74, 6) is 0.0678. The van der Waals surface area contributed by atoms with Crippen LogP contribution in [0.2, 0.25) is 5.02 Å². The second kappa shape index (κ2) is 7.82. The maximum Gasteiger partial charge on any atom is 0.262 e. The molecule has 0 aliphatic carbocycles. The van der Waals surface area contributed by atoms with Crippen molar-refractivity contribution in [2.75, 3.05) is 5.75 Å². The molecular formula is C18H18ClN3O2S2. The summed E-state index contributed by atoms with van der Waals surface area (Å²) < 4.78 is 1.51. The number of nitrogens with zero attached hydrogens (tertiary/aromatic N) is 2. The van der Waals surface area contributed by atoms with Crippen molar-refractivity contribution in [3.8, 4) is 0 Å². The van der Waals surface area contributed by atoms with Gasteiger partial charge in [0, 0.05) is 23.5 Å². The summed E-state index contributed by atoms with van der Waals surface area (Å²) in [7, 11) is 1.69. The lowest BCUT2D eigenvalue weighted by Crippen LogP contribution is -2.25. The summed E-state index contributed by atoms with van der Waals surface area (Å²) >= 11 is 8.70. The number of carbonyl (C=O) groups excluding carboxylic acids is 1. The van der Waals surface area contributed by atoms with Gasteiger partial charge in [-0.1, -0.05) is 35.5 Å². The Morgan fingerprint density at radius 3 is 2.88 bits per heavy atom. The number of thioether (sulfide) groups is 1. The summed E-state index contributed by atoms with van der Waals surface area (Å²) in [4.78, 5) is 31.1. The predicted octanol–water partition coefficient (Wildman–Crippen LogP) is 3.67. The van der Waals surface area contributed by atoms with Crippen molar-refractivity contribution < 1.29 is 4.79 Å². The monoisotopic (exact) mass is 407 g/mol. The molecule has 8 heteroatoms. The van der Waals surface area contributed by atoms with Gasteiger partial charge in [-0.3, -0.25) is 14.2 Å². The highest BCUT2D eigenvalue weighted by Crippen LogP contribution is 2.27. The highest BCUT2D eigenvalue weighted by Gasteiger charge is 2.15. The van der Waals surface area contributed by atoms with Crippen molar-refractivity contribution in [3.05, 3.63) is 55.6 Å². The Bertz CT molecular complexity index is 1040. The second-order valence-corrected chi connectivity index (χ2v) is 8.50. The molecule has 1 amide bonds. The minimum Gasteiger partial charge on any atom is -0.351 e. The third-order valence-corrected chi connectivity index (χ3v) is 6.45. The van der Waals surface area contributed by atoms with Crippen molar-refractivity contribution in [1.82, 2.24) is 14.9 Å². The Morgan fingerprint density at radius 2 is 2.15 bits per heavy atom. The normalized spacial score (nSPS) is 11.1. The van der Waals surface area contributed by atoms with E-state index in [1.165, 1.54) is 27.7 Å². The van der Waals surface area contributed by atoms with E-state index in [-0.39, 0.29) is 17.2 Å². The van der Waals surface area contributed by atoms with Crippen LogP contribution < -0.4 is 10.9 Å². The van der Waals surface area contributed by atoms with Crippen LogP contribution in [0.5, 0.6) is 0 Å². The van der Waals surface area contributed by atoms with Gasteiger partial charge in [0.25, 0.3) is 5.56 Å². The van der Waals surface area contributed by atoms with E-state index in [9.17, 15) is 9.59 Å². The molecule has 0 saturated carbocycles. The van der Waals surface area contributed by atoms with Gasteiger partial charge >= 0.3 is 0 Å². The molecule has 2 aromatic heterocycles. The predicted molar refractivity (Wildman–Crippen MR) is 108 cm³/mol. The summed E-state index contributed by atoms with van der Waals surface area (Å²) in [6, 6.07) is 7.35. The zero-order valence-corrected chi connectivity index (χ0v) is 17.0. The first-order chi connectivity index (χ1) is 12.4. The molecule has 3 rings (SSSR count). The van der Waals surface area contributed by atoms with Crippen molar-refractivity contribution in [3.63, 3.8) is 0 Å². The number of hydrogen-bond donors (Lipinski definition) is 1. The maximum atomic E-state index is 12.6. The van der Waals surface area contributed by atoms with Crippen molar-refractivity contribution in [2.24, 2.45) is 7.05 Å². The Kier molecular flexibility index (Phi) is 5.70. The van der Waals surface area contributed by atoms with Gasteiger partial charge in [-0.25, -0.2) is 4.98 Å². The van der Waals surface area contributed by atoms with Crippen LogP contribution in [-0.2, 0) is 18.4 Å². The van der Waals surface area contributed by atoms with E-state index < -0.39 is 0 Å². The minimum atomic E-state index is -0.122. The van der Waals surface area contributed by atoms with Gasteiger partial charge in [0.1, 0.15) is 4.83 Å². The van der Waals surface area contributed by atoms with Gasteiger partial charge in [-0.15, -0.1) is 11.3 Å². The summed E-state index contributed by atoms with van der Waals surface area (Å²) in [5, 5.41) is 4.70. The molecule has 0 aliphatic heterocycles. The average molecular weight is 408 g/mol. The van der Waals surface area contributed by atoms with E-state index >= 15 is 0 Å². The Hall–Kier alpha value is -1.83. The molecular weight excluding hydrogens is 390 g/mol. The first kappa shape index (κ1) is 18.9. The largest absolute Gasteiger partial charge is 0.351 e. The third kappa shape index (κ3) is 3.95. The minimum absolute atomic E-state index is 0.0707. The van der Waals surface area contributed by atoms with Gasteiger partial charge < -0.3 is 5.32 Å². The average Bonchev–Trinajstić information content (AvgIpc) is 2.89. The first-order valence-electron chi connectivity index (χ1n) is 7.97. The standard InChI is InChI=1S/C18H18ClN3O2S2/c1-10-11(2)26-16-15(10)17(24)22(3)18(21-16)25-9-14(23)20-8-12-5-4-6-13(19)7-12/h4-7H,8-9H2,1-3H3,(H,20,23). The number of nitrogens with one attached hydrogen (secondary N) is 1. The lowest BCUT2D eigenvalue weighted by atomic mass is 10.2. The molecule has 0 radical (unpaired) electrons. The molecule has 136 valence electrons. The van der Waals surface area contributed by atoms with E-state index in [1.807, 2.05) is 32.0 Å². The molecule has 5 nitrogen and oxygen atoms in total. The van der Waals surface area contributed by atoms with E-state index in [4.69, 9.17) is 11.6 Å². The number of amides is 1. The highest BCUT2D eigenvalue weighted by molar-refractivity contribution is 7.99. The second-order valence-electron chi connectivity index (χ2n) is 5.92. The van der Waals surface area contributed by atoms with Crippen molar-refractivity contribution in [2.45, 2.75) is 25.5 Å². The van der Waals surface area contributed by atoms with Crippen molar-refractivity contribution in [1.29, 1.82) is 0 Å². The number of fused-ring (bicyclic) bond motifs is 1. The van der Waals surface area contributed by atoms with Crippen LogP contribution in [0.3, 0.4) is 0 Å². The van der Waals surface area contributed by atoms with Crippen LogP contribution in [0.1, 0.15) is 16.0 Å². The fourth-order valence-corrected chi connectivity index (χ4v) is 4.60. The van der Waals surface area contributed by atoms with Crippen LogP contribution in [0.4, 0.5) is 0 Å². The van der Waals surface area contributed by atoms with Crippen LogP contribution in [0.25, 0.3) is 10.2 Å². The fraction of sp³-hybridized carbons (Fsp3) is 0.278. The molecule has 0 bridgehead atoms. The van der Waals surface area contributed by atoms with Crippen LogP contribution in [-0.4, -0.2) is 21.2 Å². The number of aryl methyl sites for hydroxylation is 2. The fourth-order valence-electron chi connectivity index (χ4n) is 2.51. The molecule has 1 aromatic carbocycles. The molecule has 0 aliphatic rings. The molecule has 26 heavy (non-hydrogen) atoms. The van der Waals surface area contributed by atoms with Gasteiger partial charge in [-0.05, 0) is 37.1 Å². The topological polar surface area (TPSA) is 64.0 Å². The zero-order chi connectivity index (χ0) is 18.8. The van der Waals surface area contributed by atoms with Crippen LogP contribution in [0, 0.1) is 13.8 Å². The number of carbonyl (C=O) groups is 1. The molecule has 0 fully saturated rings.